The Bertz CT molecular complexity index is 354. The topological polar surface area (TPSA) is 46.1 Å². The van der Waals surface area contributed by atoms with Crippen LogP contribution in [0.4, 0.5) is 5.82 Å². The van der Waals surface area contributed by atoms with E-state index in [0.29, 0.717) is 5.16 Å². The van der Waals surface area contributed by atoms with Gasteiger partial charge in [-0.2, -0.15) is 0 Å². The highest BCUT2D eigenvalue weighted by molar-refractivity contribution is 7.84. The third-order valence-electron chi connectivity index (χ3n) is 2.02. The van der Waals surface area contributed by atoms with Gasteiger partial charge in [0.15, 0.2) is 0 Å². The summed E-state index contributed by atoms with van der Waals surface area (Å²) in [6.45, 7) is 4.86. The molecule has 0 aliphatic rings. The molecule has 0 saturated carbocycles. The first-order chi connectivity index (χ1) is 6.56. The predicted molar refractivity (Wildman–Crippen MR) is 58.0 cm³/mol. The standard InChI is InChI=1S/C9H15N3OS/c1-5-12(3)8-7(2)6-10-9(11-8)14(4)13/h6H,5H2,1-4H3. The van der Waals surface area contributed by atoms with Crippen molar-refractivity contribution >= 4 is 16.6 Å². The van der Waals surface area contributed by atoms with Gasteiger partial charge >= 0.3 is 0 Å². The number of aryl methyl sites for hydroxylation is 1. The van der Waals surface area contributed by atoms with Gasteiger partial charge in [0.1, 0.15) is 5.82 Å². The highest BCUT2D eigenvalue weighted by atomic mass is 32.2. The Hall–Kier alpha value is -0.970. The highest BCUT2D eigenvalue weighted by Gasteiger charge is 2.08. The molecule has 1 unspecified atom stereocenters. The lowest BCUT2D eigenvalue weighted by atomic mass is 10.3. The summed E-state index contributed by atoms with van der Waals surface area (Å²) in [6, 6.07) is 0. The van der Waals surface area contributed by atoms with Gasteiger partial charge in [0.25, 0.3) is 0 Å². The Balaban J connectivity index is 3.14. The molecular formula is C9H15N3OS. The van der Waals surface area contributed by atoms with E-state index < -0.39 is 10.8 Å². The van der Waals surface area contributed by atoms with Gasteiger partial charge in [0, 0.05) is 31.6 Å². The van der Waals surface area contributed by atoms with E-state index in [1.165, 1.54) is 0 Å². The molecule has 0 bridgehead atoms. The van der Waals surface area contributed by atoms with Crippen LogP contribution >= 0.6 is 0 Å². The van der Waals surface area contributed by atoms with Crippen molar-refractivity contribution in [1.29, 1.82) is 0 Å². The maximum absolute atomic E-state index is 11.2. The molecule has 0 aliphatic heterocycles. The quantitative estimate of drug-likeness (QED) is 0.702. The van der Waals surface area contributed by atoms with E-state index in [4.69, 9.17) is 0 Å². The van der Waals surface area contributed by atoms with E-state index in [1.54, 1.807) is 12.5 Å². The smallest absolute Gasteiger partial charge is 0.220 e. The third kappa shape index (κ3) is 2.29. The Morgan fingerprint density at radius 1 is 1.57 bits per heavy atom. The summed E-state index contributed by atoms with van der Waals surface area (Å²) in [5.74, 6) is 0.854. The fourth-order valence-corrected chi connectivity index (χ4v) is 1.51. The number of rotatable bonds is 3. The van der Waals surface area contributed by atoms with Crippen molar-refractivity contribution in [3.8, 4) is 0 Å². The zero-order valence-electron chi connectivity index (χ0n) is 8.94. The lowest BCUT2D eigenvalue weighted by Gasteiger charge is -2.17. The van der Waals surface area contributed by atoms with Crippen LogP contribution in [-0.2, 0) is 10.8 Å². The molecule has 0 spiro atoms. The zero-order chi connectivity index (χ0) is 10.7. The van der Waals surface area contributed by atoms with Gasteiger partial charge in [-0.3, -0.25) is 4.21 Å². The highest BCUT2D eigenvalue weighted by Crippen LogP contribution is 2.15. The summed E-state index contributed by atoms with van der Waals surface area (Å²) in [6.07, 6.45) is 3.30. The Morgan fingerprint density at radius 3 is 2.71 bits per heavy atom. The number of nitrogens with zero attached hydrogens (tertiary/aromatic N) is 3. The van der Waals surface area contributed by atoms with E-state index in [-0.39, 0.29) is 0 Å². The normalized spacial score (nSPS) is 12.6. The minimum Gasteiger partial charge on any atom is -0.360 e. The summed E-state index contributed by atoms with van der Waals surface area (Å²) in [5, 5.41) is 0.394. The summed E-state index contributed by atoms with van der Waals surface area (Å²) in [5.41, 5.74) is 1.00. The van der Waals surface area contributed by atoms with Gasteiger partial charge < -0.3 is 4.90 Å². The molecule has 1 rings (SSSR count). The first kappa shape index (κ1) is 11.1. The van der Waals surface area contributed by atoms with Crippen LogP contribution in [0.2, 0.25) is 0 Å². The van der Waals surface area contributed by atoms with Gasteiger partial charge in [-0.1, -0.05) is 0 Å². The Morgan fingerprint density at radius 2 is 2.21 bits per heavy atom. The van der Waals surface area contributed by atoms with Crippen LogP contribution < -0.4 is 4.90 Å². The summed E-state index contributed by atoms with van der Waals surface area (Å²) in [4.78, 5) is 10.3. The molecule has 1 aromatic rings. The molecule has 0 aliphatic carbocycles. The van der Waals surface area contributed by atoms with Crippen LogP contribution in [-0.4, -0.2) is 34.0 Å². The molecule has 0 saturated heterocycles. The molecule has 1 aromatic heterocycles. The van der Waals surface area contributed by atoms with Gasteiger partial charge in [0.05, 0.1) is 10.8 Å². The number of anilines is 1. The number of hydrogen-bond acceptors (Lipinski definition) is 4. The van der Waals surface area contributed by atoms with Crippen LogP contribution in [0.15, 0.2) is 11.4 Å². The van der Waals surface area contributed by atoms with Crippen molar-refractivity contribution in [2.24, 2.45) is 0 Å². The van der Waals surface area contributed by atoms with Crippen LogP contribution in [0.3, 0.4) is 0 Å². The van der Waals surface area contributed by atoms with Gasteiger partial charge in [-0.05, 0) is 13.8 Å². The third-order valence-corrected chi connectivity index (χ3v) is 2.73. The first-order valence-corrected chi connectivity index (χ1v) is 6.00. The molecule has 0 fully saturated rings. The van der Waals surface area contributed by atoms with Gasteiger partial charge in [0.2, 0.25) is 5.16 Å². The molecule has 0 aromatic carbocycles. The van der Waals surface area contributed by atoms with Gasteiger partial charge in [-0.15, -0.1) is 0 Å². The van der Waals surface area contributed by atoms with Crippen LogP contribution in [0.25, 0.3) is 0 Å². The molecule has 4 nitrogen and oxygen atoms in total. The van der Waals surface area contributed by atoms with E-state index >= 15 is 0 Å². The SMILES string of the molecule is CCN(C)c1nc(S(C)=O)ncc1C. The molecule has 0 amide bonds. The van der Waals surface area contributed by atoms with Crippen molar-refractivity contribution in [2.45, 2.75) is 19.0 Å². The van der Waals surface area contributed by atoms with Gasteiger partial charge in [-0.25, -0.2) is 9.97 Å². The summed E-state index contributed by atoms with van der Waals surface area (Å²) >= 11 is 0. The number of aromatic nitrogens is 2. The van der Waals surface area contributed by atoms with Crippen LogP contribution in [0, 0.1) is 6.92 Å². The largest absolute Gasteiger partial charge is 0.360 e. The molecule has 0 radical (unpaired) electrons. The second kappa shape index (κ2) is 4.50. The Kier molecular flexibility index (Phi) is 3.57. The summed E-state index contributed by atoms with van der Waals surface area (Å²) in [7, 11) is 0.841. The van der Waals surface area contributed by atoms with Crippen molar-refractivity contribution in [2.75, 3.05) is 24.7 Å². The minimum absolute atomic E-state index is 0.394. The van der Waals surface area contributed by atoms with E-state index in [9.17, 15) is 4.21 Å². The van der Waals surface area contributed by atoms with E-state index in [2.05, 4.69) is 9.97 Å². The molecule has 5 heteroatoms. The molecule has 0 N–H and O–H groups in total. The molecular weight excluding hydrogens is 198 g/mol. The fraction of sp³-hybridized carbons (Fsp3) is 0.556. The van der Waals surface area contributed by atoms with E-state index in [1.807, 2.05) is 25.8 Å². The lowest BCUT2D eigenvalue weighted by molar-refractivity contribution is 0.679. The zero-order valence-corrected chi connectivity index (χ0v) is 9.76. The van der Waals surface area contributed by atoms with Crippen molar-refractivity contribution in [1.82, 2.24) is 9.97 Å². The Labute approximate surface area is 86.8 Å². The summed E-state index contributed by atoms with van der Waals surface area (Å²) < 4.78 is 11.2. The second-order valence-electron chi connectivity index (χ2n) is 3.13. The second-order valence-corrected chi connectivity index (χ2v) is 4.40. The average molecular weight is 213 g/mol. The first-order valence-electron chi connectivity index (χ1n) is 4.44. The molecule has 1 atom stereocenters. The fourth-order valence-electron chi connectivity index (χ4n) is 1.09. The average Bonchev–Trinajstić information content (AvgIpc) is 2.17. The van der Waals surface area contributed by atoms with Crippen molar-refractivity contribution in [3.63, 3.8) is 0 Å². The number of hydrogen-bond donors (Lipinski definition) is 0. The van der Waals surface area contributed by atoms with E-state index in [0.717, 1.165) is 17.9 Å². The molecule has 78 valence electrons. The monoisotopic (exact) mass is 213 g/mol. The van der Waals surface area contributed by atoms with Crippen molar-refractivity contribution in [3.05, 3.63) is 11.8 Å². The van der Waals surface area contributed by atoms with Crippen LogP contribution in [0.1, 0.15) is 12.5 Å². The molecule has 1 heterocycles. The minimum atomic E-state index is -1.11. The maximum Gasteiger partial charge on any atom is 0.220 e. The predicted octanol–water partition coefficient (Wildman–Crippen LogP) is 0.979. The molecule has 14 heavy (non-hydrogen) atoms. The lowest BCUT2D eigenvalue weighted by Crippen LogP contribution is -2.19. The van der Waals surface area contributed by atoms with Crippen LogP contribution in [0.5, 0.6) is 0 Å². The maximum atomic E-state index is 11.2. The van der Waals surface area contributed by atoms with Crippen molar-refractivity contribution < 1.29 is 4.21 Å².